The number of tetrazole rings is 1. The Balaban J connectivity index is 1.38. The Hall–Kier alpha value is -5.05. The maximum absolute atomic E-state index is 15.3. The van der Waals surface area contributed by atoms with Crippen LogP contribution in [0.25, 0.3) is 28.1 Å². The summed E-state index contributed by atoms with van der Waals surface area (Å²) in [4.78, 5) is 4.59. The van der Waals surface area contributed by atoms with E-state index in [0.29, 0.717) is 32.8 Å². The van der Waals surface area contributed by atoms with Crippen LogP contribution in [-0.4, -0.2) is 50.0 Å². The van der Waals surface area contributed by atoms with Gasteiger partial charge in [-0.15, -0.1) is 10.2 Å². The number of nitrogens with zero attached hydrogens (tertiary/aromatic N) is 10. The lowest BCUT2D eigenvalue weighted by Crippen LogP contribution is -2.16. The summed E-state index contributed by atoms with van der Waals surface area (Å²) in [6.45, 7) is -2.85. The van der Waals surface area contributed by atoms with E-state index < -0.39 is 24.8 Å². The van der Waals surface area contributed by atoms with Crippen LogP contribution in [0.5, 0.6) is 0 Å². The molecule has 0 aliphatic rings. The molecule has 6 rings (SSSR count). The molecule has 0 radical (unpaired) electrons. The molecule has 218 valence electrons. The molecule has 0 aliphatic heterocycles. The van der Waals surface area contributed by atoms with Crippen LogP contribution in [0.3, 0.4) is 0 Å². The number of pyridine rings is 1. The van der Waals surface area contributed by atoms with Gasteiger partial charge in [0.1, 0.15) is 12.0 Å². The molecule has 1 unspecified atom stereocenters. The van der Waals surface area contributed by atoms with E-state index in [4.69, 9.17) is 11.6 Å². The van der Waals surface area contributed by atoms with Gasteiger partial charge in [-0.3, -0.25) is 9.67 Å². The second-order valence-electron chi connectivity index (χ2n) is 9.31. The minimum atomic E-state index is -2.85. The quantitative estimate of drug-likeness (QED) is 0.181. The average Bonchev–Trinajstić information content (AvgIpc) is 3.80. The zero-order chi connectivity index (χ0) is 30.1. The molecule has 4 aromatic heterocycles. The van der Waals surface area contributed by atoms with Crippen LogP contribution in [0.2, 0.25) is 5.02 Å². The maximum Gasteiger partial charge on any atom is 0.334 e. The molecule has 0 saturated heterocycles. The highest BCUT2D eigenvalue weighted by atomic mass is 35.5. The van der Waals surface area contributed by atoms with E-state index in [2.05, 4.69) is 35.9 Å². The minimum Gasteiger partial charge on any atom is -0.263 e. The van der Waals surface area contributed by atoms with Gasteiger partial charge in [0.15, 0.2) is 5.82 Å². The molecule has 16 heteroatoms. The lowest BCUT2D eigenvalue weighted by atomic mass is 9.99. The maximum atomic E-state index is 15.3. The van der Waals surface area contributed by atoms with Crippen LogP contribution in [0.4, 0.5) is 22.0 Å². The SMILES string of the molecule is Fc1c(Cl)ccc(-n2cnnn2)c1-c1ccc(C(Cc2ccc(C(F)F)cc2)n2cc(-c3cn(C(F)F)nn3)cn2)nc1. The summed E-state index contributed by atoms with van der Waals surface area (Å²) in [5.41, 5.74) is 2.55. The number of benzene rings is 2. The van der Waals surface area contributed by atoms with Gasteiger partial charge < -0.3 is 0 Å². The Bertz CT molecular complexity index is 1840. The van der Waals surface area contributed by atoms with Gasteiger partial charge in [-0.1, -0.05) is 47.1 Å². The van der Waals surface area contributed by atoms with E-state index in [9.17, 15) is 17.6 Å². The molecule has 10 nitrogen and oxygen atoms in total. The van der Waals surface area contributed by atoms with Gasteiger partial charge in [-0.05, 0) is 34.2 Å². The first-order chi connectivity index (χ1) is 20.8. The Morgan fingerprint density at radius 1 is 0.837 bits per heavy atom. The highest BCUT2D eigenvalue weighted by Crippen LogP contribution is 2.34. The minimum absolute atomic E-state index is 0.103. The van der Waals surface area contributed by atoms with E-state index >= 15 is 4.39 Å². The fraction of sp³-hybridized carbons (Fsp3) is 0.148. The third-order valence-electron chi connectivity index (χ3n) is 6.67. The van der Waals surface area contributed by atoms with E-state index in [1.54, 1.807) is 41.2 Å². The molecule has 0 N–H and O–H groups in total. The van der Waals surface area contributed by atoms with E-state index in [0.717, 1.165) is 6.20 Å². The Morgan fingerprint density at radius 2 is 1.65 bits per heavy atom. The largest absolute Gasteiger partial charge is 0.334 e. The van der Waals surface area contributed by atoms with Crippen molar-refractivity contribution >= 4 is 11.6 Å². The van der Waals surface area contributed by atoms with Crippen LogP contribution < -0.4 is 0 Å². The van der Waals surface area contributed by atoms with Gasteiger partial charge in [-0.2, -0.15) is 23.2 Å². The average molecular weight is 613 g/mol. The highest BCUT2D eigenvalue weighted by Gasteiger charge is 2.22. The highest BCUT2D eigenvalue weighted by molar-refractivity contribution is 6.31. The zero-order valence-corrected chi connectivity index (χ0v) is 22.4. The second kappa shape index (κ2) is 11.7. The summed E-state index contributed by atoms with van der Waals surface area (Å²) in [5, 5.41) is 22.6. The predicted molar refractivity (Wildman–Crippen MR) is 143 cm³/mol. The Morgan fingerprint density at radius 3 is 2.30 bits per heavy atom. The van der Waals surface area contributed by atoms with Crippen LogP contribution in [-0.2, 0) is 6.42 Å². The summed E-state index contributed by atoms with van der Waals surface area (Å²) in [5.74, 6) is -0.687. The van der Waals surface area contributed by atoms with Crippen molar-refractivity contribution in [2.75, 3.05) is 0 Å². The summed E-state index contributed by atoms with van der Waals surface area (Å²) in [6, 6.07) is 11.6. The smallest absolute Gasteiger partial charge is 0.263 e. The van der Waals surface area contributed by atoms with E-state index in [-0.39, 0.29) is 28.3 Å². The number of halogens is 6. The third kappa shape index (κ3) is 5.70. The predicted octanol–water partition coefficient (Wildman–Crippen LogP) is 6.14. The fourth-order valence-corrected chi connectivity index (χ4v) is 4.69. The Labute approximate surface area is 244 Å². The third-order valence-corrected chi connectivity index (χ3v) is 6.96. The molecule has 0 spiro atoms. The van der Waals surface area contributed by atoms with Crippen LogP contribution in [0, 0.1) is 5.82 Å². The van der Waals surface area contributed by atoms with Crippen LogP contribution >= 0.6 is 11.6 Å². The number of rotatable bonds is 9. The van der Waals surface area contributed by atoms with Crippen molar-refractivity contribution in [3.63, 3.8) is 0 Å². The lowest BCUT2D eigenvalue weighted by molar-refractivity contribution is 0.0546. The molecule has 6 aromatic rings. The first-order valence-corrected chi connectivity index (χ1v) is 13.0. The topological polar surface area (TPSA) is 105 Å². The number of hydrogen-bond acceptors (Lipinski definition) is 7. The van der Waals surface area contributed by atoms with Crippen molar-refractivity contribution < 1.29 is 22.0 Å². The van der Waals surface area contributed by atoms with E-state index in [1.807, 2.05) is 0 Å². The first kappa shape index (κ1) is 28.1. The molecular formula is C27H18ClF5N10. The summed E-state index contributed by atoms with van der Waals surface area (Å²) in [7, 11) is 0. The monoisotopic (exact) mass is 612 g/mol. The lowest BCUT2D eigenvalue weighted by Gasteiger charge is -2.19. The normalized spacial score (nSPS) is 12.4. The standard InChI is InChI=1S/C27H18ClF5N10/c28-19-6-8-22(43-14-35-38-40-43)24(25(19)29)17-5-7-20(34-10-17)23(9-15-1-3-16(4-2-15)26(30)31)41-12-18(11-36-41)21-13-42(27(32)33)39-37-21/h1-8,10-14,23,26-27H,9H2. The van der Waals surface area contributed by atoms with Crippen molar-refractivity contribution in [2.24, 2.45) is 0 Å². The fourth-order valence-electron chi connectivity index (χ4n) is 4.53. The van der Waals surface area contributed by atoms with Crippen molar-refractivity contribution in [1.29, 1.82) is 0 Å². The summed E-state index contributed by atoms with van der Waals surface area (Å²) >= 11 is 6.08. The van der Waals surface area contributed by atoms with Crippen molar-refractivity contribution in [3.8, 4) is 28.1 Å². The molecular weight excluding hydrogens is 595 g/mol. The number of alkyl halides is 4. The molecule has 1 atom stereocenters. The molecule has 0 saturated carbocycles. The van der Waals surface area contributed by atoms with Gasteiger partial charge in [0, 0.05) is 41.1 Å². The first-order valence-electron chi connectivity index (χ1n) is 12.6. The van der Waals surface area contributed by atoms with Gasteiger partial charge in [0.05, 0.1) is 34.8 Å². The van der Waals surface area contributed by atoms with Crippen molar-refractivity contribution in [2.45, 2.75) is 25.4 Å². The Kier molecular flexibility index (Phi) is 7.63. The molecule has 0 aliphatic carbocycles. The zero-order valence-electron chi connectivity index (χ0n) is 21.7. The number of hydrogen-bond donors (Lipinski definition) is 0. The molecule has 43 heavy (non-hydrogen) atoms. The van der Waals surface area contributed by atoms with Gasteiger partial charge in [-0.25, -0.2) is 13.2 Å². The van der Waals surface area contributed by atoms with Crippen molar-refractivity contribution in [1.82, 2.24) is 50.0 Å². The van der Waals surface area contributed by atoms with Gasteiger partial charge >= 0.3 is 6.55 Å². The van der Waals surface area contributed by atoms with E-state index in [1.165, 1.54) is 41.6 Å². The molecule has 0 bridgehead atoms. The number of aromatic nitrogens is 10. The van der Waals surface area contributed by atoms with Crippen molar-refractivity contribution in [3.05, 3.63) is 107 Å². The molecule has 0 amide bonds. The van der Waals surface area contributed by atoms with Gasteiger partial charge in [0.2, 0.25) is 0 Å². The second-order valence-corrected chi connectivity index (χ2v) is 9.72. The summed E-state index contributed by atoms with van der Waals surface area (Å²) in [6.07, 6.45) is 4.59. The molecule has 4 heterocycles. The summed E-state index contributed by atoms with van der Waals surface area (Å²) < 4.78 is 70.9. The van der Waals surface area contributed by atoms with Crippen LogP contribution in [0.1, 0.15) is 35.8 Å². The van der Waals surface area contributed by atoms with Gasteiger partial charge in [0.25, 0.3) is 6.43 Å². The molecule has 0 fully saturated rings. The van der Waals surface area contributed by atoms with Crippen LogP contribution in [0.15, 0.2) is 79.6 Å². The molecule has 2 aromatic carbocycles.